The Labute approximate surface area is 224 Å². The predicted octanol–water partition coefficient (Wildman–Crippen LogP) is 7.54. The molecule has 1 aliphatic heterocycles. The van der Waals surface area contributed by atoms with Gasteiger partial charge in [0.25, 0.3) is 11.5 Å². The highest BCUT2D eigenvalue weighted by molar-refractivity contribution is 6.30. The van der Waals surface area contributed by atoms with Gasteiger partial charge in [0.2, 0.25) is 0 Å². The highest BCUT2D eigenvalue weighted by Crippen LogP contribution is 2.49. The Bertz CT molecular complexity index is 1490. The first-order valence-corrected chi connectivity index (χ1v) is 11.7. The molecule has 1 aliphatic rings. The lowest BCUT2D eigenvalue weighted by atomic mass is 9.87. The van der Waals surface area contributed by atoms with Crippen LogP contribution in [-0.2, 0) is 16.6 Å². The number of hydrogen-bond acceptors (Lipinski definition) is 3. The summed E-state index contributed by atoms with van der Waals surface area (Å²) in [6.45, 7) is -0.630. The molecule has 0 aliphatic carbocycles. The van der Waals surface area contributed by atoms with Crippen molar-refractivity contribution in [2.45, 2.75) is 37.0 Å². The van der Waals surface area contributed by atoms with E-state index in [1.807, 2.05) is 0 Å². The second-order valence-corrected chi connectivity index (χ2v) is 9.23. The van der Waals surface area contributed by atoms with E-state index in [2.05, 4.69) is 10.5 Å². The Morgan fingerprint density at radius 2 is 1.77 bits per heavy atom. The van der Waals surface area contributed by atoms with Crippen molar-refractivity contribution in [2.24, 2.45) is 5.16 Å². The number of pyridine rings is 1. The minimum Gasteiger partial charge on any atom is -0.374 e. The molecule has 214 valence electrons. The summed E-state index contributed by atoms with van der Waals surface area (Å²) < 4.78 is 121. The summed E-state index contributed by atoms with van der Waals surface area (Å²) in [6, 6.07) is 7.32. The van der Waals surface area contributed by atoms with Gasteiger partial charge < -0.3 is 14.6 Å². The molecule has 2 aromatic heterocycles. The molecule has 5 nitrogen and oxygen atoms in total. The van der Waals surface area contributed by atoms with E-state index in [1.54, 1.807) is 6.07 Å². The van der Waals surface area contributed by atoms with Crippen LogP contribution in [-0.4, -0.2) is 34.9 Å². The van der Waals surface area contributed by atoms with Crippen LogP contribution in [0.4, 0.5) is 39.5 Å². The van der Waals surface area contributed by atoms with E-state index in [1.165, 1.54) is 40.9 Å². The Morgan fingerprint density at radius 3 is 2.42 bits per heavy atom. The molecule has 0 bridgehead atoms. The molecule has 0 saturated carbocycles. The molecule has 1 atom stereocenters. The third-order valence-electron chi connectivity index (χ3n) is 6.01. The van der Waals surface area contributed by atoms with Crippen LogP contribution in [0.25, 0.3) is 11.6 Å². The molecule has 1 amide bonds. The van der Waals surface area contributed by atoms with Crippen molar-refractivity contribution in [1.29, 1.82) is 0 Å². The number of nitrogens with one attached hydrogen (secondary N) is 1. The lowest BCUT2D eigenvalue weighted by molar-refractivity contribution is -0.276. The summed E-state index contributed by atoms with van der Waals surface area (Å²) >= 11 is 5.70. The Morgan fingerprint density at radius 1 is 1.05 bits per heavy atom. The van der Waals surface area contributed by atoms with E-state index in [0.29, 0.717) is 23.3 Å². The van der Waals surface area contributed by atoms with Gasteiger partial charge in [0.1, 0.15) is 0 Å². The first-order valence-electron chi connectivity index (χ1n) is 11.3. The van der Waals surface area contributed by atoms with Crippen molar-refractivity contribution in [3.05, 3.63) is 82.1 Å². The van der Waals surface area contributed by atoms with Gasteiger partial charge in [-0.25, -0.2) is 0 Å². The smallest absolute Gasteiger partial charge is 0.374 e. The highest BCUT2D eigenvalue weighted by Gasteiger charge is 2.62. The molecule has 1 aromatic carbocycles. The molecule has 15 heteroatoms. The maximum Gasteiger partial charge on any atom is 0.435 e. The summed E-state index contributed by atoms with van der Waals surface area (Å²) in [4.78, 5) is 17.1. The number of amides is 1. The quantitative estimate of drug-likeness (QED) is 0.299. The highest BCUT2D eigenvalue weighted by atomic mass is 35.5. The number of hydrogen-bond donors (Lipinski definition) is 1. The lowest BCUT2D eigenvalue weighted by Crippen LogP contribution is -2.42. The maximum atomic E-state index is 14.2. The van der Waals surface area contributed by atoms with Crippen molar-refractivity contribution >= 4 is 34.8 Å². The summed E-state index contributed by atoms with van der Waals surface area (Å²) in [5.74, 6) is -0.758. The fraction of sp³-hybridized carbons (Fsp3) is 0.280. The van der Waals surface area contributed by atoms with Gasteiger partial charge in [-0.05, 0) is 54.6 Å². The van der Waals surface area contributed by atoms with Crippen LogP contribution in [0.2, 0.25) is 5.02 Å². The third-order valence-corrected chi connectivity index (χ3v) is 6.23. The zero-order chi connectivity index (χ0) is 29.5. The molecule has 0 radical (unpaired) electrons. The molecule has 40 heavy (non-hydrogen) atoms. The SMILES string of the molecule is O=C(NCCC(F)(F)F)c1ccc(C=CC2=NOC(c3cc(Cl)cc(C(F)(F)F)c3)(C(F)(F)F)C2)n2cccc12. The number of nitrogens with zero attached hydrogens (tertiary/aromatic N) is 2. The van der Waals surface area contributed by atoms with Gasteiger partial charge in [-0.2, -0.15) is 39.5 Å². The molecule has 4 rings (SSSR count). The van der Waals surface area contributed by atoms with Gasteiger partial charge in [-0.3, -0.25) is 4.79 Å². The minimum atomic E-state index is -5.17. The van der Waals surface area contributed by atoms with Gasteiger partial charge in [0.15, 0.2) is 0 Å². The Kier molecular flexibility index (Phi) is 7.60. The summed E-state index contributed by atoms with van der Waals surface area (Å²) in [5.41, 5.74) is -5.02. The third kappa shape index (κ3) is 6.06. The van der Waals surface area contributed by atoms with E-state index < -0.39 is 65.6 Å². The standard InChI is InChI=1S/C25H17ClF9N3O2/c26-16-11-14(10-15(12-16)24(30,31)32)22(25(33,34)35)13-17(37-40-22)3-4-18-5-6-19(20-2-1-9-38(18)20)21(39)36-8-7-23(27,28)29/h1-6,9-12H,7-8,13H2,(H,36,39). The molecule has 0 spiro atoms. The second-order valence-electron chi connectivity index (χ2n) is 8.79. The molecule has 1 unspecified atom stereocenters. The van der Waals surface area contributed by atoms with E-state index in [-0.39, 0.29) is 11.3 Å². The van der Waals surface area contributed by atoms with Crippen LogP contribution >= 0.6 is 11.6 Å². The van der Waals surface area contributed by atoms with Gasteiger partial charge in [0.05, 0.1) is 28.8 Å². The number of allylic oxidation sites excluding steroid dienone is 1. The molecule has 1 N–H and O–H groups in total. The van der Waals surface area contributed by atoms with Crippen molar-refractivity contribution < 1.29 is 49.1 Å². The van der Waals surface area contributed by atoms with Crippen molar-refractivity contribution in [3.63, 3.8) is 0 Å². The molecule has 3 aromatic rings. The van der Waals surface area contributed by atoms with Crippen LogP contribution in [0, 0.1) is 0 Å². The molecule has 0 saturated heterocycles. The number of halogens is 10. The zero-order valence-electron chi connectivity index (χ0n) is 19.9. The fourth-order valence-corrected chi connectivity index (χ4v) is 4.32. The number of oxime groups is 1. The van der Waals surface area contributed by atoms with Gasteiger partial charge in [-0.15, -0.1) is 0 Å². The first-order chi connectivity index (χ1) is 18.5. The topological polar surface area (TPSA) is 55.1 Å². The average molecular weight is 598 g/mol. The summed E-state index contributed by atoms with van der Waals surface area (Å²) in [6.07, 6.45) is -12.7. The van der Waals surface area contributed by atoms with Crippen molar-refractivity contribution in [2.75, 3.05) is 6.54 Å². The van der Waals surface area contributed by atoms with E-state index in [4.69, 9.17) is 16.4 Å². The van der Waals surface area contributed by atoms with Crippen LogP contribution in [0.3, 0.4) is 0 Å². The normalized spacial score (nSPS) is 18.3. The largest absolute Gasteiger partial charge is 0.435 e. The van der Waals surface area contributed by atoms with Crippen LogP contribution < -0.4 is 5.32 Å². The fourth-order valence-electron chi connectivity index (χ4n) is 4.08. The molecule has 3 heterocycles. The van der Waals surface area contributed by atoms with E-state index in [0.717, 1.165) is 6.07 Å². The molecular weight excluding hydrogens is 581 g/mol. The van der Waals surface area contributed by atoms with E-state index >= 15 is 0 Å². The van der Waals surface area contributed by atoms with Crippen LogP contribution in [0.1, 0.15) is 40.0 Å². The number of rotatable bonds is 6. The Balaban J connectivity index is 1.59. The second kappa shape index (κ2) is 10.4. The predicted molar refractivity (Wildman–Crippen MR) is 127 cm³/mol. The number of fused-ring (bicyclic) bond motifs is 1. The number of carbonyl (C=O) groups is 1. The Hall–Kier alpha value is -3.68. The van der Waals surface area contributed by atoms with Gasteiger partial charge in [-0.1, -0.05) is 16.8 Å². The number of carbonyl (C=O) groups excluding carboxylic acids is 1. The minimum absolute atomic E-state index is 0.0587. The number of aromatic nitrogens is 1. The maximum absolute atomic E-state index is 14.2. The molecule has 0 fully saturated rings. The molecular formula is C25H17ClF9N3O2. The average Bonchev–Trinajstić information content (AvgIpc) is 3.49. The van der Waals surface area contributed by atoms with Crippen LogP contribution in [0.15, 0.2) is 59.9 Å². The van der Waals surface area contributed by atoms with Crippen LogP contribution in [0.5, 0.6) is 0 Å². The number of alkyl halides is 9. The monoisotopic (exact) mass is 597 g/mol. The summed E-state index contributed by atoms with van der Waals surface area (Å²) in [7, 11) is 0. The number of benzene rings is 1. The van der Waals surface area contributed by atoms with Gasteiger partial charge in [0, 0.05) is 35.4 Å². The van der Waals surface area contributed by atoms with Crippen molar-refractivity contribution in [3.8, 4) is 0 Å². The summed E-state index contributed by atoms with van der Waals surface area (Å²) in [5, 5.41) is 5.06. The van der Waals surface area contributed by atoms with Crippen molar-refractivity contribution in [1.82, 2.24) is 9.72 Å². The van der Waals surface area contributed by atoms with Gasteiger partial charge >= 0.3 is 18.5 Å². The zero-order valence-corrected chi connectivity index (χ0v) is 20.6. The first kappa shape index (κ1) is 29.3. The van der Waals surface area contributed by atoms with E-state index in [9.17, 15) is 44.3 Å². The lowest BCUT2D eigenvalue weighted by Gasteiger charge is -2.30.